The summed E-state index contributed by atoms with van der Waals surface area (Å²) in [6.07, 6.45) is 2.27. The molecule has 3 N–H and O–H groups in total. The molecular formula is C13H25N3O4S. The third-order valence-corrected chi connectivity index (χ3v) is 4.02. The molecule has 1 saturated heterocycles. The average molecular weight is 319 g/mol. The number of likely N-dealkylation sites (N-methyl/N-ethyl adjacent to an activating group) is 1. The van der Waals surface area contributed by atoms with Crippen molar-refractivity contribution >= 4 is 23.8 Å². The molecule has 0 saturated carbocycles. The number of rotatable bonds is 8. The molecule has 1 rings (SSSR count). The molecule has 2 atom stereocenters. The number of morpholine rings is 1. The summed E-state index contributed by atoms with van der Waals surface area (Å²) in [7, 11) is 0. The molecule has 0 radical (unpaired) electrons. The van der Waals surface area contributed by atoms with E-state index in [0.717, 1.165) is 19.6 Å². The van der Waals surface area contributed by atoms with E-state index < -0.39 is 18.0 Å². The summed E-state index contributed by atoms with van der Waals surface area (Å²) in [5.41, 5.74) is 0. The third-order valence-electron chi connectivity index (χ3n) is 3.37. The second-order valence-electron chi connectivity index (χ2n) is 4.91. The van der Waals surface area contributed by atoms with E-state index in [1.807, 2.05) is 6.26 Å². The van der Waals surface area contributed by atoms with E-state index in [1.165, 1.54) is 0 Å². The fourth-order valence-corrected chi connectivity index (χ4v) is 2.57. The molecule has 0 aliphatic carbocycles. The maximum Gasteiger partial charge on any atom is 0.326 e. The molecule has 0 aromatic rings. The van der Waals surface area contributed by atoms with E-state index in [0.29, 0.717) is 25.3 Å². The highest BCUT2D eigenvalue weighted by molar-refractivity contribution is 7.98. The fourth-order valence-electron chi connectivity index (χ4n) is 2.10. The van der Waals surface area contributed by atoms with Crippen LogP contribution < -0.4 is 10.6 Å². The topological polar surface area (TPSA) is 90.9 Å². The Morgan fingerprint density at radius 3 is 2.90 bits per heavy atom. The Labute approximate surface area is 129 Å². The number of amides is 2. The van der Waals surface area contributed by atoms with Crippen LogP contribution in [0.1, 0.15) is 13.3 Å². The minimum atomic E-state index is -1.01. The van der Waals surface area contributed by atoms with Crippen LogP contribution >= 0.6 is 11.8 Å². The summed E-state index contributed by atoms with van der Waals surface area (Å²) in [6, 6.07) is -1.31. The summed E-state index contributed by atoms with van der Waals surface area (Å²) >= 11 is 1.55. The van der Waals surface area contributed by atoms with E-state index in [4.69, 9.17) is 9.84 Å². The van der Waals surface area contributed by atoms with Gasteiger partial charge in [0.15, 0.2) is 0 Å². The van der Waals surface area contributed by atoms with Gasteiger partial charge in [0.05, 0.1) is 12.7 Å². The molecule has 1 heterocycles. The second kappa shape index (κ2) is 9.86. The Kier molecular flexibility index (Phi) is 8.48. The smallest absolute Gasteiger partial charge is 0.326 e. The fraction of sp³-hybridized carbons (Fsp3) is 0.846. The molecule has 1 aliphatic heterocycles. The van der Waals surface area contributed by atoms with E-state index in [2.05, 4.69) is 22.5 Å². The Morgan fingerprint density at radius 1 is 1.52 bits per heavy atom. The molecule has 1 fully saturated rings. The molecule has 0 aromatic heterocycles. The highest BCUT2D eigenvalue weighted by atomic mass is 32.2. The van der Waals surface area contributed by atoms with Gasteiger partial charge in [-0.25, -0.2) is 9.59 Å². The normalized spacial score (nSPS) is 20.8. The van der Waals surface area contributed by atoms with Crippen LogP contribution in [0.15, 0.2) is 0 Å². The van der Waals surface area contributed by atoms with Crippen LogP contribution in [-0.2, 0) is 9.53 Å². The number of carbonyl (C=O) groups is 2. The lowest BCUT2D eigenvalue weighted by Gasteiger charge is -2.32. The van der Waals surface area contributed by atoms with Crippen LogP contribution in [-0.4, -0.2) is 78.9 Å². The van der Waals surface area contributed by atoms with Crippen LogP contribution in [0.25, 0.3) is 0 Å². The van der Waals surface area contributed by atoms with Crippen molar-refractivity contribution in [2.45, 2.75) is 25.5 Å². The van der Waals surface area contributed by atoms with Gasteiger partial charge in [0, 0.05) is 19.6 Å². The minimum Gasteiger partial charge on any atom is -0.480 e. The van der Waals surface area contributed by atoms with Gasteiger partial charge >= 0.3 is 12.0 Å². The molecule has 0 bridgehead atoms. The van der Waals surface area contributed by atoms with Crippen LogP contribution in [0, 0.1) is 0 Å². The van der Waals surface area contributed by atoms with Gasteiger partial charge in [-0.2, -0.15) is 11.8 Å². The highest BCUT2D eigenvalue weighted by Crippen LogP contribution is 2.04. The Hall–Kier alpha value is -0.990. The van der Waals surface area contributed by atoms with Gasteiger partial charge in [0.1, 0.15) is 6.04 Å². The molecule has 8 heteroatoms. The van der Waals surface area contributed by atoms with Crippen LogP contribution in [0.3, 0.4) is 0 Å². The SMILES string of the molecule is CCN1CCOC(CNC(=O)NC(CCSC)C(=O)O)C1. The summed E-state index contributed by atoms with van der Waals surface area (Å²) in [6.45, 7) is 5.79. The average Bonchev–Trinajstić information content (AvgIpc) is 2.49. The van der Waals surface area contributed by atoms with Gasteiger partial charge in [0.2, 0.25) is 0 Å². The molecule has 0 spiro atoms. The number of urea groups is 1. The van der Waals surface area contributed by atoms with Crippen molar-refractivity contribution in [1.29, 1.82) is 0 Å². The zero-order valence-corrected chi connectivity index (χ0v) is 13.4. The van der Waals surface area contributed by atoms with Gasteiger partial charge in [-0.15, -0.1) is 0 Å². The van der Waals surface area contributed by atoms with Gasteiger partial charge in [-0.1, -0.05) is 6.92 Å². The molecule has 2 unspecified atom stereocenters. The number of nitrogens with zero attached hydrogens (tertiary/aromatic N) is 1. The number of ether oxygens (including phenoxy) is 1. The molecule has 0 aromatic carbocycles. The maximum atomic E-state index is 11.8. The van der Waals surface area contributed by atoms with Crippen molar-refractivity contribution in [1.82, 2.24) is 15.5 Å². The predicted octanol–water partition coefficient (Wildman–Crippen LogP) is 0.213. The Bertz CT molecular complexity index is 343. The van der Waals surface area contributed by atoms with Crippen LogP contribution in [0.4, 0.5) is 4.79 Å². The first kappa shape index (κ1) is 18.1. The number of carboxylic acids is 1. The number of hydrogen-bond acceptors (Lipinski definition) is 5. The van der Waals surface area contributed by atoms with Crippen molar-refractivity contribution in [2.24, 2.45) is 0 Å². The Balaban J connectivity index is 2.30. The number of aliphatic carboxylic acids is 1. The quantitative estimate of drug-likeness (QED) is 0.593. The minimum absolute atomic E-state index is 0.0427. The zero-order chi connectivity index (χ0) is 15.7. The number of carbonyl (C=O) groups excluding carboxylic acids is 1. The van der Waals surface area contributed by atoms with Crippen LogP contribution in [0.5, 0.6) is 0 Å². The lowest BCUT2D eigenvalue weighted by molar-refractivity contribution is -0.139. The predicted molar refractivity (Wildman–Crippen MR) is 82.8 cm³/mol. The first-order valence-corrected chi connectivity index (χ1v) is 8.56. The van der Waals surface area contributed by atoms with Crippen LogP contribution in [0.2, 0.25) is 0 Å². The lowest BCUT2D eigenvalue weighted by atomic mass is 10.2. The summed E-state index contributed by atoms with van der Waals surface area (Å²) < 4.78 is 5.57. The summed E-state index contributed by atoms with van der Waals surface area (Å²) in [5, 5.41) is 14.2. The van der Waals surface area contributed by atoms with Gasteiger partial charge in [-0.05, 0) is 25.0 Å². The number of carboxylic acid groups (broad SMARTS) is 1. The van der Waals surface area contributed by atoms with E-state index in [1.54, 1.807) is 11.8 Å². The molecule has 7 nitrogen and oxygen atoms in total. The van der Waals surface area contributed by atoms with Crippen molar-refractivity contribution in [3.05, 3.63) is 0 Å². The van der Waals surface area contributed by atoms with E-state index in [9.17, 15) is 9.59 Å². The first-order chi connectivity index (χ1) is 10.1. The second-order valence-corrected chi connectivity index (χ2v) is 5.90. The van der Waals surface area contributed by atoms with Crippen molar-refractivity contribution in [2.75, 3.05) is 44.8 Å². The van der Waals surface area contributed by atoms with Gasteiger partial charge in [-0.3, -0.25) is 4.90 Å². The first-order valence-electron chi connectivity index (χ1n) is 7.16. The number of hydrogen-bond donors (Lipinski definition) is 3. The number of nitrogens with one attached hydrogen (secondary N) is 2. The lowest BCUT2D eigenvalue weighted by Crippen LogP contribution is -2.51. The maximum absolute atomic E-state index is 11.8. The Morgan fingerprint density at radius 2 is 2.29 bits per heavy atom. The molecule has 2 amide bonds. The standard InChI is InChI=1S/C13H25N3O4S/c1-3-16-5-6-20-10(9-16)8-14-13(19)15-11(12(17)18)4-7-21-2/h10-11H,3-9H2,1-2H3,(H,17,18)(H2,14,15,19). The van der Waals surface area contributed by atoms with E-state index >= 15 is 0 Å². The zero-order valence-electron chi connectivity index (χ0n) is 12.6. The summed E-state index contributed by atoms with van der Waals surface area (Å²) in [4.78, 5) is 25.1. The van der Waals surface area contributed by atoms with Gasteiger partial charge in [0.25, 0.3) is 0 Å². The van der Waals surface area contributed by atoms with Crippen molar-refractivity contribution in [3.8, 4) is 0 Å². The summed E-state index contributed by atoms with van der Waals surface area (Å²) in [5.74, 6) is -0.320. The third kappa shape index (κ3) is 7.01. The van der Waals surface area contributed by atoms with Crippen molar-refractivity contribution < 1.29 is 19.4 Å². The van der Waals surface area contributed by atoms with Crippen molar-refractivity contribution in [3.63, 3.8) is 0 Å². The molecule has 1 aliphatic rings. The van der Waals surface area contributed by atoms with Gasteiger partial charge < -0.3 is 20.5 Å². The molecular weight excluding hydrogens is 294 g/mol. The highest BCUT2D eigenvalue weighted by Gasteiger charge is 2.22. The molecule has 21 heavy (non-hydrogen) atoms. The number of thioether (sulfide) groups is 1. The monoisotopic (exact) mass is 319 g/mol. The van der Waals surface area contributed by atoms with E-state index in [-0.39, 0.29) is 6.10 Å². The largest absolute Gasteiger partial charge is 0.480 e. The molecule has 122 valence electrons.